The van der Waals surface area contributed by atoms with Crippen molar-refractivity contribution in [1.29, 1.82) is 0 Å². The van der Waals surface area contributed by atoms with Gasteiger partial charge in [-0.3, -0.25) is 9.20 Å². The summed E-state index contributed by atoms with van der Waals surface area (Å²) in [7, 11) is 0. The second-order valence-corrected chi connectivity index (χ2v) is 7.26. The fourth-order valence-electron chi connectivity index (χ4n) is 3.14. The van der Waals surface area contributed by atoms with Crippen LogP contribution in [0.5, 0.6) is 0 Å². The molecule has 1 fully saturated rings. The number of carbonyl (C=O) groups is 1. The second-order valence-electron chi connectivity index (χ2n) is 6.16. The van der Waals surface area contributed by atoms with E-state index in [1.54, 1.807) is 17.8 Å². The van der Waals surface area contributed by atoms with Gasteiger partial charge in [0, 0.05) is 17.5 Å². The Morgan fingerprint density at radius 1 is 1.42 bits per heavy atom. The maximum absolute atomic E-state index is 12.0. The van der Waals surface area contributed by atoms with E-state index in [0.29, 0.717) is 5.92 Å². The molecule has 0 atom stereocenters. The first-order valence-electron chi connectivity index (χ1n) is 8.32. The van der Waals surface area contributed by atoms with Crippen LogP contribution in [0.15, 0.2) is 46.5 Å². The van der Waals surface area contributed by atoms with Crippen molar-refractivity contribution < 1.29 is 4.79 Å². The summed E-state index contributed by atoms with van der Waals surface area (Å²) in [6.07, 6.45) is 9.72. The van der Waals surface area contributed by atoms with Crippen molar-refractivity contribution >= 4 is 29.4 Å². The minimum atomic E-state index is -0.0210. The number of pyridine rings is 1. The van der Waals surface area contributed by atoms with Crippen LogP contribution in [-0.4, -0.2) is 34.9 Å². The molecule has 2 aromatic heterocycles. The molecule has 5 nitrogen and oxygen atoms in total. The molecule has 0 aromatic carbocycles. The fourth-order valence-corrected chi connectivity index (χ4v) is 4.13. The molecule has 4 rings (SSSR count). The van der Waals surface area contributed by atoms with Crippen molar-refractivity contribution in [2.24, 2.45) is 5.92 Å². The van der Waals surface area contributed by atoms with E-state index in [9.17, 15) is 4.79 Å². The lowest BCUT2D eigenvalue weighted by Gasteiger charge is -2.22. The van der Waals surface area contributed by atoms with Crippen LogP contribution < -0.4 is 10.6 Å². The Kier molecular flexibility index (Phi) is 4.40. The van der Waals surface area contributed by atoms with Crippen molar-refractivity contribution in [2.75, 3.05) is 19.6 Å². The van der Waals surface area contributed by atoms with Crippen molar-refractivity contribution in [3.8, 4) is 0 Å². The first kappa shape index (κ1) is 15.5. The molecule has 2 aliphatic rings. The van der Waals surface area contributed by atoms with E-state index >= 15 is 0 Å². The van der Waals surface area contributed by atoms with E-state index in [4.69, 9.17) is 0 Å². The number of carbonyl (C=O) groups excluding carboxylic acids is 1. The predicted molar refractivity (Wildman–Crippen MR) is 96.8 cm³/mol. The monoisotopic (exact) mass is 340 g/mol. The summed E-state index contributed by atoms with van der Waals surface area (Å²) < 4.78 is 2.12. The normalized spacial score (nSPS) is 18.1. The van der Waals surface area contributed by atoms with Gasteiger partial charge < -0.3 is 10.6 Å². The average Bonchev–Trinajstić information content (AvgIpc) is 3.04. The van der Waals surface area contributed by atoms with Gasteiger partial charge in [0.1, 0.15) is 5.65 Å². The van der Waals surface area contributed by atoms with Crippen molar-refractivity contribution in [3.05, 3.63) is 47.1 Å². The number of hydrogen-bond donors (Lipinski definition) is 2. The third-order valence-electron chi connectivity index (χ3n) is 4.46. The topological polar surface area (TPSA) is 58.4 Å². The highest BCUT2D eigenvalue weighted by atomic mass is 32.2. The Bertz CT molecular complexity index is 818. The Balaban J connectivity index is 1.39. The number of hydrogen-bond acceptors (Lipinski definition) is 4. The molecule has 6 heteroatoms. The van der Waals surface area contributed by atoms with Gasteiger partial charge in [-0.15, -0.1) is 0 Å². The predicted octanol–water partition coefficient (Wildman–Crippen LogP) is 2.45. The Morgan fingerprint density at radius 2 is 2.29 bits per heavy atom. The summed E-state index contributed by atoms with van der Waals surface area (Å²) in [4.78, 5) is 17.5. The lowest BCUT2D eigenvalue weighted by atomic mass is 9.98. The lowest BCUT2D eigenvalue weighted by Crippen LogP contribution is -2.35. The summed E-state index contributed by atoms with van der Waals surface area (Å²) in [6, 6.07) is 6.07. The van der Waals surface area contributed by atoms with Gasteiger partial charge in [0.05, 0.1) is 16.9 Å². The number of amides is 1. The van der Waals surface area contributed by atoms with Gasteiger partial charge in [0.2, 0.25) is 5.91 Å². The van der Waals surface area contributed by atoms with Crippen molar-refractivity contribution in [3.63, 3.8) is 0 Å². The first-order valence-corrected chi connectivity index (χ1v) is 9.14. The zero-order valence-electron chi connectivity index (χ0n) is 13.4. The van der Waals surface area contributed by atoms with Gasteiger partial charge in [-0.25, -0.2) is 4.98 Å². The highest BCUT2D eigenvalue weighted by Gasteiger charge is 2.15. The number of imidazole rings is 1. The maximum Gasteiger partial charge on any atom is 0.244 e. The largest absolute Gasteiger partial charge is 0.352 e. The summed E-state index contributed by atoms with van der Waals surface area (Å²) in [5.41, 5.74) is 2.00. The van der Waals surface area contributed by atoms with Crippen molar-refractivity contribution in [1.82, 2.24) is 20.0 Å². The quantitative estimate of drug-likeness (QED) is 0.840. The smallest absolute Gasteiger partial charge is 0.244 e. The first-order chi connectivity index (χ1) is 11.8. The van der Waals surface area contributed by atoms with E-state index in [-0.39, 0.29) is 5.91 Å². The number of nitrogens with one attached hydrogen (secondary N) is 2. The number of aromatic nitrogens is 2. The molecule has 2 N–H and O–H groups in total. The van der Waals surface area contributed by atoms with E-state index in [0.717, 1.165) is 53.7 Å². The molecule has 0 bridgehead atoms. The molecule has 1 amide bonds. The number of thioether (sulfide) groups is 1. The van der Waals surface area contributed by atoms with Crippen LogP contribution in [0, 0.1) is 5.92 Å². The number of piperidine rings is 1. The molecular formula is C18H20N4OS. The third kappa shape index (κ3) is 3.25. The average molecular weight is 340 g/mol. The van der Waals surface area contributed by atoms with Gasteiger partial charge in [0.15, 0.2) is 0 Å². The molecule has 124 valence electrons. The number of allylic oxidation sites excluding steroid dienone is 1. The van der Waals surface area contributed by atoms with Crippen LogP contribution in [0.2, 0.25) is 0 Å². The standard InChI is InChI=1S/C18H20N4OS/c23-17(21-11-13-6-8-19-9-7-13)5-4-15-10-14-12-20-16-2-1-3-18(24-15)22(14)16/h1-5,10,12-13,19H,6-9,11H2,(H,21,23)/b5-4+. The van der Waals surface area contributed by atoms with Crippen LogP contribution in [-0.2, 0) is 4.79 Å². The molecule has 1 saturated heterocycles. The molecule has 24 heavy (non-hydrogen) atoms. The summed E-state index contributed by atoms with van der Waals surface area (Å²) >= 11 is 1.65. The van der Waals surface area contributed by atoms with Crippen LogP contribution in [0.1, 0.15) is 18.5 Å². The van der Waals surface area contributed by atoms with E-state index < -0.39 is 0 Å². The molecule has 0 spiro atoms. The molecule has 0 saturated carbocycles. The molecular weight excluding hydrogens is 320 g/mol. The van der Waals surface area contributed by atoms with Gasteiger partial charge in [0.25, 0.3) is 0 Å². The molecule has 2 aliphatic heterocycles. The Hall–Kier alpha value is -2.05. The summed E-state index contributed by atoms with van der Waals surface area (Å²) in [6.45, 7) is 2.88. The molecule has 2 aromatic rings. The van der Waals surface area contributed by atoms with E-state index in [2.05, 4.69) is 32.2 Å². The third-order valence-corrected chi connectivity index (χ3v) is 5.47. The van der Waals surface area contributed by atoms with Crippen LogP contribution in [0.25, 0.3) is 11.7 Å². The number of rotatable bonds is 4. The van der Waals surface area contributed by atoms with Gasteiger partial charge in [-0.05, 0) is 56.1 Å². The zero-order valence-corrected chi connectivity index (χ0v) is 14.2. The zero-order chi connectivity index (χ0) is 16.4. The Labute approximate surface area is 145 Å². The van der Waals surface area contributed by atoms with Crippen LogP contribution >= 0.6 is 11.8 Å². The highest BCUT2D eigenvalue weighted by molar-refractivity contribution is 8.03. The highest BCUT2D eigenvalue weighted by Crippen LogP contribution is 2.34. The summed E-state index contributed by atoms with van der Waals surface area (Å²) in [5.74, 6) is 0.575. The molecule has 4 heterocycles. The molecule has 0 radical (unpaired) electrons. The maximum atomic E-state index is 12.0. The summed E-state index contributed by atoms with van der Waals surface area (Å²) in [5, 5.41) is 7.48. The fraction of sp³-hybridized carbons (Fsp3) is 0.333. The molecule has 0 aliphatic carbocycles. The SMILES string of the molecule is O=C(/C=C/C1=Cc2cnc3cccc(n23)S1)NCC1CCNCC1. The van der Waals surface area contributed by atoms with Crippen molar-refractivity contribution in [2.45, 2.75) is 17.9 Å². The Morgan fingerprint density at radius 3 is 3.17 bits per heavy atom. The van der Waals surface area contributed by atoms with Crippen LogP contribution in [0.4, 0.5) is 0 Å². The van der Waals surface area contributed by atoms with Gasteiger partial charge in [-0.1, -0.05) is 17.8 Å². The second kappa shape index (κ2) is 6.83. The minimum absolute atomic E-state index is 0.0210. The lowest BCUT2D eigenvalue weighted by molar-refractivity contribution is -0.116. The minimum Gasteiger partial charge on any atom is -0.352 e. The molecule has 0 unspecified atom stereocenters. The van der Waals surface area contributed by atoms with E-state index in [1.807, 2.05) is 24.4 Å². The van der Waals surface area contributed by atoms with Gasteiger partial charge >= 0.3 is 0 Å². The van der Waals surface area contributed by atoms with Crippen LogP contribution in [0.3, 0.4) is 0 Å². The van der Waals surface area contributed by atoms with E-state index in [1.165, 1.54) is 0 Å². The van der Waals surface area contributed by atoms with Gasteiger partial charge in [-0.2, -0.15) is 0 Å². The number of nitrogens with zero attached hydrogens (tertiary/aromatic N) is 2.